The first-order chi connectivity index (χ1) is 31.2. The summed E-state index contributed by atoms with van der Waals surface area (Å²) >= 11 is 0. The number of benzene rings is 9. The molecular formula is C58H33N3O2. The maximum absolute atomic E-state index is 6.59. The molecule has 0 fully saturated rings. The van der Waals surface area contributed by atoms with Crippen molar-refractivity contribution in [2.24, 2.45) is 0 Å². The number of para-hydroxylation sites is 3. The maximum Gasteiger partial charge on any atom is 0.167 e. The van der Waals surface area contributed by atoms with E-state index in [1.807, 2.05) is 48.5 Å². The van der Waals surface area contributed by atoms with Crippen LogP contribution in [0, 0.1) is 0 Å². The minimum atomic E-state index is -0.640. The highest BCUT2D eigenvalue weighted by molar-refractivity contribution is 6.09. The second-order valence-corrected chi connectivity index (χ2v) is 16.6. The third-order valence-corrected chi connectivity index (χ3v) is 13.4. The Morgan fingerprint density at radius 1 is 0.286 bits per heavy atom. The molecule has 0 N–H and O–H groups in total. The lowest BCUT2D eigenvalue weighted by Crippen LogP contribution is -2.29. The van der Waals surface area contributed by atoms with Crippen LogP contribution in [-0.4, -0.2) is 15.0 Å². The van der Waals surface area contributed by atoms with Crippen molar-refractivity contribution in [1.82, 2.24) is 15.0 Å². The zero-order valence-electron chi connectivity index (χ0n) is 33.7. The van der Waals surface area contributed by atoms with Crippen molar-refractivity contribution >= 4 is 43.9 Å². The number of nitrogens with zero attached hydrogens (tertiary/aromatic N) is 3. The number of hydrogen-bond acceptors (Lipinski definition) is 5. The van der Waals surface area contributed by atoms with Crippen molar-refractivity contribution in [2.75, 3.05) is 0 Å². The molecule has 12 aromatic rings. The molecule has 0 atom stereocenters. The Morgan fingerprint density at radius 2 is 0.730 bits per heavy atom. The summed E-state index contributed by atoms with van der Waals surface area (Å²) in [5, 5.41) is 4.18. The van der Waals surface area contributed by atoms with E-state index >= 15 is 0 Å². The standard InChI is InChI=1S/C58H33N3O2/c1-2-15-37-36(14-1)38-16-3-8-23-47(38)58(48-24-9-4-17-39(48)40-18-5-10-25-49(40)58)50-32-34(28-30-41(37)50)55-59-56(35-29-31-44-42-19-6-11-26-51(42)62-53(44)33-35)61-57(60-55)46-22-13-21-45-43-20-7-12-27-52(43)63-54(45)46/h1-33H. The number of hydrogen-bond donors (Lipinski definition) is 0. The van der Waals surface area contributed by atoms with Gasteiger partial charge in [0.2, 0.25) is 0 Å². The molecule has 9 aromatic carbocycles. The Balaban J connectivity index is 1.07. The van der Waals surface area contributed by atoms with Crippen molar-refractivity contribution in [2.45, 2.75) is 5.41 Å². The van der Waals surface area contributed by atoms with Gasteiger partial charge in [0.1, 0.15) is 22.3 Å². The molecule has 5 heteroatoms. The molecule has 0 saturated carbocycles. The van der Waals surface area contributed by atoms with Gasteiger partial charge in [0, 0.05) is 32.7 Å². The van der Waals surface area contributed by atoms with Crippen LogP contribution < -0.4 is 0 Å². The molecule has 0 amide bonds. The van der Waals surface area contributed by atoms with Crippen LogP contribution in [-0.2, 0) is 5.41 Å². The van der Waals surface area contributed by atoms with Gasteiger partial charge in [-0.05, 0) is 92.0 Å². The third-order valence-electron chi connectivity index (χ3n) is 13.4. The largest absolute Gasteiger partial charge is 0.456 e. The van der Waals surface area contributed by atoms with Crippen LogP contribution in [0.2, 0.25) is 0 Å². The van der Waals surface area contributed by atoms with Crippen LogP contribution >= 0.6 is 0 Å². The summed E-state index contributed by atoms with van der Waals surface area (Å²) in [7, 11) is 0. The molecule has 2 aliphatic carbocycles. The lowest BCUT2D eigenvalue weighted by atomic mass is 9.65. The van der Waals surface area contributed by atoms with Gasteiger partial charge in [-0.2, -0.15) is 0 Å². The highest BCUT2D eigenvalue weighted by Gasteiger charge is 2.49. The van der Waals surface area contributed by atoms with Gasteiger partial charge in [-0.3, -0.25) is 0 Å². The summed E-state index contributed by atoms with van der Waals surface area (Å²) < 4.78 is 13.0. The van der Waals surface area contributed by atoms with E-state index in [-0.39, 0.29) is 0 Å². The van der Waals surface area contributed by atoms with E-state index < -0.39 is 5.41 Å². The van der Waals surface area contributed by atoms with Gasteiger partial charge in [-0.25, -0.2) is 15.0 Å². The maximum atomic E-state index is 6.59. The first-order valence-corrected chi connectivity index (χ1v) is 21.3. The Bertz CT molecular complexity index is 3850. The Hall–Kier alpha value is -8.41. The van der Waals surface area contributed by atoms with Crippen molar-refractivity contribution in [3.8, 4) is 67.5 Å². The van der Waals surface area contributed by atoms with Crippen molar-refractivity contribution < 1.29 is 8.83 Å². The van der Waals surface area contributed by atoms with Crippen LogP contribution in [0.3, 0.4) is 0 Å². The molecule has 3 heterocycles. The monoisotopic (exact) mass is 803 g/mol. The first-order valence-electron chi connectivity index (χ1n) is 21.3. The fourth-order valence-corrected chi connectivity index (χ4v) is 10.7. The molecule has 0 saturated heterocycles. The van der Waals surface area contributed by atoms with E-state index in [9.17, 15) is 0 Å². The molecule has 3 aromatic heterocycles. The SMILES string of the molecule is c1ccc2c(c1)-c1ccccc1C1(c3cc(-c4nc(-c5ccc6c(c5)oc5ccccc56)nc(-c5cccc6c5oc5ccccc56)n4)ccc3-2)c2ccccc2-c2ccccc21. The topological polar surface area (TPSA) is 65.0 Å². The van der Waals surface area contributed by atoms with Crippen molar-refractivity contribution in [3.05, 3.63) is 222 Å². The molecule has 2 aliphatic rings. The normalized spacial score (nSPS) is 13.2. The van der Waals surface area contributed by atoms with Crippen molar-refractivity contribution in [3.63, 3.8) is 0 Å². The Kier molecular flexibility index (Phi) is 6.97. The molecule has 0 aliphatic heterocycles. The summed E-state index contributed by atoms with van der Waals surface area (Å²) in [6.45, 7) is 0. The van der Waals surface area contributed by atoms with Crippen molar-refractivity contribution in [1.29, 1.82) is 0 Å². The van der Waals surface area contributed by atoms with E-state index in [0.29, 0.717) is 17.5 Å². The van der Waals surface area contributed by atoms with Gasteiger partial charge < -0.3 is 8.83 Å². The molecule has 0 bridgehead atoms. The van der Waals surface area contributed by atoms with E-state index in [1.54, 1.807) is 0 Å². The zero-order chi connectivity index (χ0) is 41.2. The fraction of sp³-hybridized carbons (Fsp3) is 0.0172. The molecule has 0 unspecified atom stereocenters. The average Bonchev–Trinajstić information content (AvgIpc) is 4.00. The molecule has 14 rings (SSSR count). The molecule has 1 spiro atoms. The Labute approximate surface area is 361 Å². The second-order valence-electron chi connectivity index (χ2n) is 16.6. The average molecular weight is 804 g/mol. The summed E-state index contributed by atoms with van der Waals surface area (Å²) in [6, 6.07) is 71.2. The predicted octanol–water partition coefficient (Wildman–Crippen LogP) is 14.7. The lowest BCUT2D eigenvalue weighted by molar-refractivity contribution is 0.668. The molecule has 0 radical (unpaired) electrons. The minimum Gasteiger partial charge on any atom is -0.456 e. The quantitative estimate of drug-likeness (QED) is 0.178. The van der Waals surface area contributed by atoms with Crippen LogP contribution in [0.4, 0.5) is 0 Å². The minimum absolute atomic E-state index is 0.529. The van der Waals surface area contributed by atoms with E-state index in [4.69, 9.17) is 23.8 Å². The van der Waals surface area contributed by atoms with Crippen LogP contribution in [0.5, 0.6) is 0 Å². The van der Waals surface area contributed by atoms with Crippen LogP contribution in [0.25, 0.3) is 111 Å². The second kappa shape index (κ2) is 12.8. The fourth-order valence-electron chi connectivity index (χ4n) is 10.7. The summed E-state index contributed by atoms with van der Waals surface area (Å²) in [5.74, 6) is 1.64. The van der Waals surface area contributed by atoms with Gasteiger partial charge in [0.15, 0.2) is 17.5 Å². The van der Waals surface area contributed by atoms with Gasteiger partial charge in [-0.1, -0.05) is 164 Å². The molecular weight excluding hydrogens is 771 g/mol. The van der Waals surface area contributed by atoms with Gasteiger partial charge >= 0.3 is 0 Å². The van der Waals surface area contributed by atoms with Gasteiger partial charge in [0.05, 0.1) is 11.0 Å². The van der Waals surface area contributed by atoms with E-state index in [0.717, 1.165) is 60.6 Å². The van der Waals surface area contributed by atoms with Gasteiger partial charge in [0.25, 0.3) is 0 Å². The number of fused-ring (bicyclic) bond motifs is 18. The zero-order valence-corrected chi connectivity index (χ0v) is 33.7. The Morgan fingerprint density at radius 3 is 1.40 bits per heavy atom. The predicted molar refractivity (Wildman–Crippen MR) is 252 cm³/mol. The van der Waals surface area contributed by atoms with Crippen LogP contribution in [0.15, 0.2) is 209 Å². The summed E-state index contributed by atoms with van der Waals surface area (Å²) in [6.07, 6.45) is 0. The lowest BCUT2D eigenvalue weighted by Gasteiger charge is -2.35. The summed E-state index contributed by atoms with van der Waals surface area (Å²) in [4.78, 5) is 16.0. The molecule has 292 valence electrons. The number of furan rings is 2. The number of aromatic nitrogens is 3. The van der Waals surface area contributed by atoms with E-state index in [2.05, 4.69) is 152 Å². The van der Waals surface area contributed by atoms with Crippen LogP contribution in [0.1, 0.15) is 22.3 Å². The van der Waals surface area contributed by atoms with Gasteiger partial charge in [-0.15, -0.1) is 0 Å². The molecule has 5 nitrogen and oxygen atoms in total. The first kappa shape index (κ1) is 34.3. The highest BCUT2D eigenvalue weighted by Crippen LogP contribution is 2.61. The summed E-state index contributed by atoms with van der Waals surface area (Å²) in [5.41, 5.74) is 17.3. The molecule has 63 heavy (non-hydrogen) atoms. The van der Waals surface area contributed by atoms with E-state index in [1.165, 1.54) is 55.6 Å². The number of rotatable bonds is 3. The smallest absolute Gasteiger partial charge is 0.167 e. The highest BCUT2D eigenvalue weighted by atomic mass is 16.3. The third kappa shape index (κ3) is 4.73.